The molecule has 1 atom stereocenters. The lowest BCUT2D eigenvalue weighted by atomic mass is 10.3. The monoisotopic (exact) mass is 197 g/mol. The lowest BCUT2D eigenvalue weighted by Gasteiger charge is -2.05. The van der Waals surface area contributed by atoms with Gasteiger partial charge >= 0.3 is 0 Å². The molecule has 0 amide bonds. The van der Waals surface area contributed by atoms with E-state index in [1.807, 2.05) is 6.92 Å². The predicted molar refractivity (Wildman–Crippen MR) is 45.5 cm³/mol. The van der Waals surface area contributed by atoms with Crippen molar-refractivity contribution in [3.05, 3.63) is 23.3 Å². The second-order valence-electron chi connectivity index (χ2n) is 2.53. The second-order valence-corrected chi connectivity index (χ2v) is 2.92. The molecule has 2 aromatic rings. The number of aromatic nitrogens is 5. The van der Waals surface area contributed by atoms with Gasteiger partial charge in [0.15, 0.2) is 10.6 Å². The van der Waals surface area contributed by atoms with Gasteiger partial charge in [-0.15, -0.1) is 0 Å². The average Bonchev–Trinajstić information content (AvgIpc) is 2.72. The van der Waals surface area contributed by atoms with Gasteiger partial charge in [0.05, 0.1) is 6.04 Å². The van der Waals surface area contributed by atoms with E-state index in [1.54, 1.807) is 10.9 Å². The van der Waals surface area contributed by atoms with Gasteiger partial charge in [0.2, 0.25) is 6.39 Å². The third-order valence-corrected chi connectivity index (χ3v) is 2.05. The Morgan fingerprint density at radius 2 is 2.54 bits per heavy atom. The van der Waals surface area contributed by atoms with Crippen molar-refractivity contribution in [2.75, 3.05) is 0 Å². The summed E-state index contributed by atoms with van der Waals surface area (Å²) in [6.45, 7) is 1.91. The number of hydrogen-bond donors (Lipinski definition) is 1. The molecule has 0 aliphatic carbocycles. The van der Waals surface area contributed by atoms with Crippen molar-refractivity contribution in [2.45, 2.75) is 13.0 Å². The molecule has 0 saturated heterocycles. The van der Waals surface area contributed by atoms with Gasteiger partial charge in [-0.2, -0.15) is 10.1 Å². The topological polar surface area (TPSA) is 72.5 Å². The van der Waals surface area contributed by atoms with Crippen LogP contribution in [0, 0.1) is 4.77 Å². The Morgan fingerprint density at radius 3 is 3.08 bits per heavy atom. The van der Waals surface area contributed by atoms with Gasteiger partial charge in [0.25, 0.3) is 0 Å². The van der Waals surface area contributed by atoms with Gasteiger partial charge in [0, 0.05) is 0 Å². The SMILES string of the molecule is CC(c1ncon1)n1cn[nH]c1=S. The van der Waals surface area contributed by atoms with E-state index < -0.39 is 0 Å². The summed E-state index contributed by atoms with van der Waals surface area (Å²) in [5.41, 5.74) is 0. The van der Waals surface area contributed by atoms with Crippen LogP contribution in [0.3, 0.4) is 0 Å². The zero-order valence-corrected chi connectivity index (χ0v) is 7.65. The van der Waals surface area contributed by atoms with E-state index in [0.717, 1.165) is 0 Å². The minimum Gasteiger partial charge on any atom is -0.343 e. The molecule has 1 N–H and O–H groups in total. The standard InChI is InChI=1S/C6H7N5OS/c1-4(5-7-3-12-10-5)11-2-8-9-6(11)13/h2-4H,1H3,(H,9,13). The molecule has 0 fully saturated rings. The first-order valence-corrected chi connectivity index (χ1v) is 4.07. The van der Waals surface area contributed by atoms with Gasteiger partial charge in [-0.3, -0.25) is 9.67 Å². The van der Waals surface area contributed by atoms with Crippen LogP contribution < -0.4 is 0 Å². The quantitative estimate of drug-likeness (QED) is 0.725. The Morgan fingerprint density at radius 1 is 1.69 bits per heavy atom. The predicted octanol–water partition coefficient (Wildman–Crippen LogP) is 0.933. The summed E-state index contributed by atoms with van der Waals surface area (Å²) < 4.78 is 6.92. The van der Waals surface area contributed by atoms with Crippen molar-refractivity contribution < 1.29 is 4.52 Å². The van der Waals surface area contributed by atoms with Gasteiger partial charge in [-0.25, -0.2) is 0 Å². The molecule has 0 radical (unpaired) electrons. The molecular formula is C6H7N5OS. The van der Waals surface area contributed by atoms with Crippen molar-refractivity contribution in [3.8, 4) is 0 Å². The summed E-state index contributed by atoms with van der Waals surface area (Å²) in [7, 11) is 0. The number of nitrogens with zero attached hydrogens (tertiary/aromatic N) is 4. The van der Waals surface area contributed by atoms with Crippen molar-refractivity contribution >= 4 is 12.2 Å². The number of aromatic amines is 1. The van der Waals surface area contributed by atoms with Crippen LogP contribution in [-0.4, -0.2) is 24.9 Å². The lowest BCUT2D eigenvalue weighted by molar-refractivity contribution is 0.401. The molecule has 2 heterocycles. The molecule has 0 aromatic carbocycles. The van der Waals surface area contributed by atoms with Crippen molar-refractivity contribution in [1.29, 1.82) is 0 Å². The van der Waals surface area contributed by atoms with Crippen LogP contribution in [0.4, 0.5) is 0 Å². The lowest BCUT2D eigenvalue weighted by Crippen LogP contribution is -2.07. The summed E-state index contributed by atoms with van der Waals surface area (Å²) >= 11 is 4.99. The van der Waals surface area contributed by atoms with E-state index in [4.69, 9.17) is 12.2 Å². The van der Waals surface area contributed by atoms with Crippen LogP contribution in [-0.2, 0) is 0 Å². The fourth-order valence-corrected chi connectivity index (χ4v) is 1.28. The maximum atomic E-state index is 4.99. The summed E-state index contributed by atoms with van der Waals surface area (Å²) in [6.07, 6.45) is 2.89. The minimum atomic E-state index is -0.0648. The van der Waals surface area contributed by atoms with E-state index in [0.29, 0.717) is 10.6 Å². The summed E-state index contributed by atoms with van der Waals surface area (Å²) in [5, 5.41) is 10.2. The molecule has 6 nitrogen and oxygen atoms in total. The molecule has 0 saturated carbocycles. The molecular weight excluding hydrogens is 190 g/mol. The van der Waals surface area contributed by atoms with Crippen LogP contribution in [0.25, 0.3) is 0 Å². The first kappa shape index (κ1) is 8.11. The fourth-order valence-electron chi connectivity index (χ4n) is 1.02. The highest BCUT2D eigenvalue weighted by atomic mass is 32.1. The maximum absolute atomic E-state index is 4.99. The van der Waals surface area contributed by atoms with Crippen LogP contribution in [0.2, 0.25) is 0 Å². The maximum Gasteiger partial charge on any atom is 0.213 e. The second kappa shape index (κ2) is 3.09. The van der Waals surface area contributed by atoms with Crippen molar-refractivity contribution in [2.24, 2.45) is 0 Å². The molecule has 0 bridgehead atoms. The first-order valence-electron chi connectivity index (χ1n) is 3.67. The van der Waals surface area contributed by atoms with E-state index in [9.17, 15) is 0 Å². The summed E-state index contributed by atoms with van der Waals surface area (Å²) in [5.74, 6) is 0.581. The number of nitrogens with one attached hydrogen (secondary N) is 1. The van der Waals surface area contributed by atoms with Crippen molar-refractivity contribution in [1.82, 2.24) is 24.9 Å². The van der Waals surface area contributed by atoms with E-state index in [2.05, 4.69) is 24.9 Å². The molecule has 2 aromatic heterocycles. The number of rotatable bonds is 2. The Kier molecular flexibility index (Phi) is 1.93. The van der Waals surface area contributed by atoms with E-state index in [-0.39, 0.29) is 6.04 Å². The highest BCUT2D eigenvalue weighted by molar-refractivity contribution is 7.71. The minimum absolute atomic E-state index is 0.0648. The Hall–Kier alpha value is -1.50. The van der Waals surface area contributed by atoms with Gasteiger partial charge in [-0.1, -0.05) is 5.16 Å². The molecule has 7 heteroatoms. The smallest absolute Gasteiger partial charge is 0.213 e. The molecule has 0 spiro atoms. The third-order valence-electron chi connectivity index (χ3n) is 1.75. The van der Waals surface area contributed by atoms with Gasteiger partial charge in [0.1, 0.15) is 6.33 Å². The van der Waals surface area contributed by atoms with Crippen LogP contribution in [0.1, 0.15) is 18.8 Å². The largest absolute Gasteiger partial charge is 0.343 e. The highest BCUT2D eigenvalue weighted by Gasteiger charge is 2.12. The van der Waals surface area contributed by atoms with Crippen molar-refractivity contribution in [3.63, 3.8) is 0 Å². The molecule has 13 heavy (non-hydrogen) atoms. The zero-order valence-electron chi connectivity index (χ0n) is 6.84. The molecule has 0 aliphatic rings. The zero-order chi connectivity index (χ0) is 9.26. The van der Waals surface area contributed by atoms with E-state index in [1.165, 1.54) is 6.39 Å². The summed E-state index contributed by atoms with van der Waals surface area (Å²) in [6, 6.07) is -0.0648. The normalized spacial score (nSPS) is 13.0. The number of H-pyrrole nitrogens is 1. The fraction of sp³-hybridized carbons (Fsp3) is 0.333. The van der Waals surface area contributed by atoms with Crippen LogP contribution >= 0.6 is 12.2 Å². The van der Waals surface area contributed by atoms with Gasteiger partial charge in [-0.05, 0) is 19.1 Å². The van der Waals surface area contributed by atoms with Gasteiger partial charge < -0.3 is 4.52 Å². The molecule has 68 valence electrons. The first-order chi connectivity index (χ1) is 6.29. The Balaban J connectivity index is 2.39. The average molecular weight is 197 g/mol. The Labute approximate surface area is 78.6 Å². The van der Waals surface area contributed by atoms with Crippen LogP contribution in [0.5, 0.6) is 0 Å². The molecule has 0 aliphatic heterocycles. The highest BCUT2D eigenvalue weighted by Crippen LogP contribution is 2.11. The molecule has 2 rings (SSSR count). The summed E-state index contributed by atoms with van der Waals surface area (Å²) in [4.78, 5) is 3.93. The Bertz CT molecular complexity index is 430. The van der Waals surface area contributed by atoms with E-state index >= 15 is 0 Å². The van der Waals surface area contributed by atoms with Crippen LogP contribution in [0.15, 0.2) is 17.2 Å². The molecule has 1 unspecified atom stereocenters. The third kappa shape index (κ3) is 1.37. The number of hydrogen-bond acceptors (Lipinski definition) is 5.